The average molecular weight is 265 g/mol. The molecule has 1 aliphatic heterocycles. The summed E-state index contributed by atoms with van der Waals surface area (Å²) in [6.07, 6.45) is 0.907. The molecule has 3 N–H and O–H groups in total. The van der Waals surface area contributed by atoms with Gasteiger partial charge in [-0.15, -0.1) is 0 Å². The average Bonchev–Trinajstić information content (AvgIpc) is 2.89. The molecular weight excluding hydrogens is 250 g/mol. The van der Waals surface area contributed by atoms with E-state index >= 15 is 0 Å². The molecule has 1 unspecified atom stereocenters. The lowest BCUT2D eigenvalue weighted by atomic mass is 10.1. The van der Waals surface area contributed by atoms with E-state index in [1.807, 2.05) is 0 Å². The minimum absolute atomic E-state index is 0.104. The van der Waals surface area contributed by atoms with Crippen molar-refractivity contribution in [1.82, 2.24) is 5.32 Å². The third-order valence-electron chi connectivity index (χ3n) is 3.10. The lowest BCUT2D eigenvalue weighted by Gasteiger charge is -2.10. The summed E-state index contributed by atoms with van der Waals surface area (Å²) in [5.74, 6) is -0.100. The number of hydrogen-bond donors (Lipinski definition) is 2. The van der Waals surface area contributed by atoms with Crippen molar-refractivity contribution in [3.05, 3.63) is 33.9 Å². The van der Waals surface area contributed by atoms with E-state index in [1.54, 1.807) is 0 Å². The number of carbonyl (C=O) groups excluding carboxylic acids is 1. The lowest BCUT2D eigenvalue weighted by molar-refractivity contribution is -0.383. The Morgan fingerprint density at radius 3 is 3.00 bits per heavy atom. The van der Waals surface area contributed by atoms with E-state index < -0.39 is 10.8 Å². The molecule has 0 saturated carbocycles. The molecule has 1 saturated heterocycles. The molecule has 0 bridgehead atoms. The van der Waals surface area contributed by atoms with Crippen LogP contribution in [0.2, 0.25) is 0 Å². The Bertz CT molecular complexity index is 498. The van der Waals surface area contributed by atoms with Crippen LogP contribution < -0.4 is 11.1 Å². The number of nitro groups is 1. The van der Waals surface area contributed by atoms with Crippen LogP contribution in [0, 0.1) is 16.0 Å². The van der Waals surface area contributed by atoms with Crippen molar-refractivity contribution < 1.29 is 14.5 Å². The minimum atomic E-state index is -0.600. The van der Waals surface area contributed by atoms with Gasteiger partial charge in [-0.05, 0) is 12.5 Å². The molecule has 1 fully saturated rings. The van der Waals surface area contributed by atoms with Crippen LogP contribution in [-0.2, 0) is 4.74 Å². The van der Waals surface area contributed by atoms with Gasteiger partial charge in [0.25, 0.3) is 11.6 Å². The molecule has 102 valence electrons. The number of carbonyl (C=O) groups is 1. The van der Waals surface area contributed by atoms with Crippen molar-refractivity contribution >= 4 is 17.3 Å². The van der Waals surface area contributed by atoms with Crippen molar-refractivity contribution in [2.24, 2.45) is 5.92 Å². The molecule has 0 spiro atoms. The monoisotopic (exact) mass is 265 g/mol. The van der Waals surface area contributed by atoms with Crippen molar-refractivity contribution in [2.45, 2.75) is 6.42 Å². The Morgan fingerprint density at radius 2 is 2.37 bits per heavy atom. The number of amides is 1. The smallest absolute Gasteiger partial charge is 0.292 e. The number of nitrogens with zero attached hydrogens (tertiary/aromatic N) is 1. The molecule has 7 nitrogen and oxygen atoms in total. The zero-order valence-electron chi connectivity index (χ0n) is 10.3. The van der Waals surface area contributed by atoms with Gasteiger partial charge in [0.15, 0.2) is 0 Å². The van der Waals surface area contributed by atoms with Crippen LogP contribution in [-0.4, -0.2) is 30.6 Å². The third kappa shape index (κ3) is 3.00. The first kappa shape index (κ1) is 13.3. The van der Waals surface area contributed by atoms with Crippen molar-refractivity contribution in [3.63, 3.8) is 0 Å². The SMILES string of the molecule is Nc1c(C(=O)NCC2CCOC2)cccc1[N+](=O)[O-]. The maximum absolute atomic E-state index is 11.9. The Kier molecular flexibility index (Phi) is 3.96. The van der Waals surface area contributed by atoms with Crippen LogP contribution in [0.25, 0.3) is 0 Å². The van der Waals surface area contributed by atoms with E-state index in [4.69, 9.17) is 10.5 Å². The van der Waals surface area contributed by atoms with Crippen LogP contribution in [0.3, 0.4) is 0 Å². The summed E-state index contributed by atoms with van der Waals surface area (Å²) in [6.45, 7) is 1.82. The van der Waals surface area contributed by atoms with Gasteiger partial charge < -0.3 is 15.8 Å². The largest absolute Gasteiger partial charge is 0.393 e. The predicted molar refractivity (Wildman–Crippen MR) is 68.8 cm³/mol. The number of hydrogen-bond acceptors (Lipinski definition) is 5. The van der Waals surface area contributed by atoms with E-state index in [0.29, 0.717) is 25.7 Å². The van der Waals surface area contributed by atoms with Gasteiger partial charge in [0.05, 0.1) is 17.1 Å². The molecule has 0 aliphatic carbocycles. The number of nitro benzene ring substituents is 1. The van der Waals surface area contributed by atoms with Crippen LogP contribution in [0.4, 0.5) is 11.4 Å². The number of benzene rings is 1. The topological polar surface area (TPSA) is 107 Å². The van der Waals surface area contributed by atoms with E-state index in [1.165, 1.54) is 18.2 Å². The van der Waals surface area contributed by atoms with E-state index in [-0.39, 0.29) is 16.9 Å². The van der Waals surface area contributed by atoms with Crippen LogP contribution >= 0.6 is 0 Å². The van der Waals surface area contributed by atoms with E-state index in [2.05, 4.69) is 5.32 Å². The Labute approximate surface area is 109 Å². The normalized spacial score (nSPS) is 18.2. The lowest BCUT2D eigenvalue weighted by Crippen LogP contribution is -2.30. The fourth-order valence-corrected chi connectivity index (χ4v) is 1.99. The zero-order valence-corrected chi connectivity index (χ0v) is 10.3. The summed E-state index contributed by atoms with van der Waals surface area (Å²) in [7, 11) is 0. The molecule has 1 heterocycles. The summed E-state index contributed by atoms with van der Waals surface area (Å²) in [6, 6.07) is 4.20. The fraction of sp³-hybridized carbons (Fsp3) is 0.417. The zero-order chi connectivity index (χ0) is 13.8. The van der Waals surface area contributed by atoms with Gasteiger partial charge >= 0.3 is 0 Å². The van der Waals surface area contributed by atoms with Gasteiger partial charge in [-0.3, -0.25) is 14.9 Å². The number of nitrogen functional groups attached to an aromatic ring is 1. The quantitative estimate of drug-likeness (QED) is 0.478. The number of anilines is 1. The van der Waals surface area contributed by atoms with Gasteiger partial charge in [-0.2, -0.15) is 0 Å². The van der Waals surface area contributed by atoms with E-state index in [9.17, 15) is 14.9 Å². The summed E-state index contributed by atoms with van der Waals surface area (Å²) >= 11 is 0. The highest BCUT2D eigenvalue weighted by molar-refractivity contribution is 6.00. The van der Waals surface area contributed by atoms with Crippen LogP contribution in [0.1, 0.15) is 16.8 Å². The number of rotatable bonds is 4. The molecule has 0 radical (unpaired) electrons. The second kappa shape index (κ2) is 5.66. The summed E-state index contributed by atoms with van der Waals surface area (Å²) in [5.41, 5.74) is 5.42. The maximum Gasteiger partial charge on any atom is 0.292 e. The highest BCUT2D eigenvalue weighted by Gasteiger charge is 2.21. The van der Waals surface area contributed by atoms with Gasteiger partial charge in [-0.25, -0.2) is 0 Å². The van der Waals surface area contributed by atoms with Crippen LogP contribution in [0.5, 0.6) is 0 Å². The highest BCUT2D eigenvalue weighted by Crippen LogP contribution is 2.24. The van der Waals surface area contributed by atoms with Gasteiger partial charge in [0, 0.05) is 25.1 Å². The minimum Gasteiger partial charge on any atom is -0.393 e. The molecular formula is C12H15N3O4. The summed E-state index contributed by atoms with van der Waals surface area (Å²) in [5, 5.41) is 13.5. The molecule has 1 aliphatic rings. The van der Waals surface area contributed by atoms with Crippen LogP contribution in [0.15, 0.2) is 18.2 Å². The summed E-state index contributed by atoms with van der Waals surface area (Å²) in [4.78, 5) is 22.1. The van der Waals surface area contributed by atoms with E-state index in [0.717, 1.165) is 6.42 Å². The molecule has 1 aromatic rings. The fourth-order valence-electron chi connectivity index (χ4n) is 1.99. The third-order valence-corrected chi connectivity index (χ3v) is 3.10. The van der Waals surface area contributed by atoms with Gasteiger partial charge in [0.2, 0.25) is 0 Å². The second-order valence-electron chi connectivity index (χ2n) is 4.44. The summed E-state index contributed by atoms with van der Waals surface area (Å²) < 4.78 is 5.20. The standard InChI is InChI=1S/C12H15N3O4/c13-11-9(2-1-3-10(11)15(17)18)12(16)14-6-8-4-5-19-7-8/h1-3,8H,4-7,13H2,(H,14,16). The Morgan fingerprint density at radius 1 is 1.58 bits per heavy atom. The number of nitrogens with one attached hydrogen (secondary N) is 1. The Hall–Kier alpha value is -2.15. The van der Waals surface area contributed by atoms with Gasteiger partial charge in [-0.1, -0.05) is 6.07 Å². The predicted octanol–water partition coefficient (Wildman–Crippen LogP) is 0.943. The first-order valence-electron chi connectivity index (χ1n) is 5.98. The molecule has 1 amide bonds. The molecule has 0 aromatic heterocycles. The van der Waals surface area contributed by atoms with Crippen molar-refractivity contribution in [1.29, 1.82) is 0 Å². The number of nitrogens with two attached hydrogens (primary N) is 1. The molecule has 7 heteroatoms. The maximum atomic E-state index is 11.9. The Balaban J connectivity index is 2.06. The first-order valence-corrected chi connectivity index (χ1v) is 5.98. The molecule has 1 atom stereocenters. The molecule has 1 aromatic carbocycles. The second-order valence-corrected chi connectivity index (χ2v) is 4.44. The number of para-hydroxylation sites is 1. The highest BCUT2D eigenvalue weighted by atomic mass is 16.6. The molecule has 2 rings (SSSR count). The van der Waals surface area contributed by atoms with Crippen molar-refractivity contribution in [2.75, 3.05) is 25.5 Å². The number of ether oxygens (including phenoxy) is 1. The van der Waals surface area contributed by atoms with Crippen molar-refractivity contribution in [3.8, 4) is 0 Å². The first-order chi connectivity index (χ1) is 9.09. The van der Waals surface area contributed by atoms with Gasteiger partial charge in [0.1, 0.15) is 5.69 Å². The molecule has 19 heavy (non-hydrogen) atoms.